The molecule has 28 heavy (non-hydrogen) atoms. The van der Waals surface area contributed by atoms with Crippen molar-refractivity contribution >= 4 is 44.2 Å². The second kappa shape index (κ2) is 7.77. The average molecular weight is 415 g/mol. The molecule has 6 nitrogen and oxygen atoms in total. The maximum absolute atomic E-state index is 13.1. The Bertz CT molecular complexity index is 1120. The van der Waals surface area contributed by atoms with Gasteiger partial charge in [0, 0.05) is 30.5 Å². The summed E-state index contributed by atoms with van der Waals surface area (Å²) in [6.07, 6.45) is 6.18. The Hall–Kier alpha value is -2.64. The van der Waals surface area contributed by atoms with Crippen LogP contribution in [0.5, 0.6) is 0 Å². The summed E-state index contributed by atoms with van der Waals surface area (Å²) in [7, 11) is 0. The van der Waals surface area contributed by atoms with Gasteiger partial charge in [-0.1, -0.05) is 22.9 Å². The number of aromatic nitrogens is 3. The summed E-state index contributed by atoms with van der Waals surface area (Å²) in [5.41, 5.74) is 1.86. The van der Waals surface area contributed by atoms with Crippen LogP contribution in [0.15, 0.2) is 47.4 Å². The van der Waals surface area contributed by atoms with Crippen LogP contribution in [-0.4, -0.2) is 27.0 Å². The number of amides is 1. The summed E-state index contributed by atoms with van der Waals surface area (Å²) in [5, 5.41) is 1.31. The fourth-order valence-electron chi connectivity index (χ4n) is 3.06. The number of fused-ring (bicyclic) bond motifs is 1. The minimum Gasteiger partial charge on any atom is -0.456 e. The van der Waals surface area contributed by atoms with Gasteiger partial charge >= 0.3 is 0 Å². The first-order chi connectivity index (χ1) is 13.5. The smallest absolute Gasteiger partial charge is 0.295 e. The van der Waals surface area contributed by atoms with Gasteiger partial charge in [-0.3, -0.25) is 9.69 Å². The van der Waals surface area contributed by atoms with Crippen LogP contribution in [0.3, 0.4) is 0 Å². The summed E-state index contributed by atoms with van der Waals surface area (Å²) >= 11 is 7.65. The van der Waals surface area contributed by atoms with Crippen LogP contribution in [0.4, 0.5) is 5.13 Å². The van der Waals surface area contributed by atoms with Gasteiger partial charge in [-0.2, -0.15) is 0 Å². The highest BCUT2D eigenvalue weighted by Crippen LogP contribution is 2.33. The molecule has 0 unspecified atom stereocenters. The number of imidazole rings is 1. The number of halogens is 1. The number of rotatable bonds is 6. The van der Waals surface area contributed by atoms with Crippen LogP contribution >= 0.6 is 22.9 Å². The average Bonchev–Trinajstić information content (AvgIpc) is 3.38. The molecular formula is C20H19ClN4O2S. The standard InChI is InChI=1S/C20H19ClN4O2S/c1-13-10-15(21)11-17-18(13)23-20(28-17)25(8-3-7-24-9-6-22-12-24)19(26)16-5-4-14(2)27-16/h4-6,9-12H,3,7-8H2,1-2H3. The highest BCUT2D eigenvalue weighted by Gasteiger charge is 2.24. The van der Waals surface area contributed by atoms with Crippen molar-refractivity contribution in [2.75, 3.05) is 11.4 Å². The largest absolute Gasteiger partial charge is 0.456 e. The predicted molar refractivity (Wildman–Crippen MR) is 111 cm³/mol. The number of anilines is 1. The number of benzene rings is 1. The Morgan fingerprint density at radius 1 is 1.32 bits per heavy atom. The molecule has 0 aliphatic rings. The van der Waals surface area contributed by atoms with E-state index < -0.39 is 0 Å². The molecule has 0 aliphatic carbocycles. The number of thiazole rings is 1. The molecule has 0 aliphatic heterocycles. The molecular weight excluding hydrogens is 396 g/mol. The third-order valence-electron chi connectivity index (χ3n) is 4.42. The van der Waals surface area contributed by atoms with Crippen LogP contribution in [0, 0.1) is 13.8 Å². The first kappa shape index (κ1) is 18.7. The van der Waals surface area contributed by atoms with Crippen LogP contribution in [0.1, 0.15) is 28.3 Å². The van der Waals surface area contributed by atoms with E-state index in [1.165, 1.54) is 11.3 Å². The number of hydrogen-bond acceptors (Lipinski definition) is 5. The number of carbonyl (C=O) groups excluding carboxylic acids is 1. The van der Waals surface area contributed by atoms with Crippen LogP contribution in [0.2, 0.25) is 5.02 Å². The van der Waals surface area contributed by atoms with Gasteiger partial charge in [-0.15, -0.1) is 0 Å². The maximum atomic E-state index is 13.1. The quantitative estimate of drug-likeness (QED) is 0.440. The van der Waals surface area contributed by atoms with E-state index in [4.69, 9.17) is 21.0 Å². The zero-order chi connectivity index (χ0) is 19.7. The van der Waals surface area contributed by atoms with Crippen molar-refractivity contribution in [3.05, 3.63) is 65.1 Å². The Labute approximate surface area is 171 Å². The monoisotopic (exact) mass is 414 g/mol. The number of carbonyl (C=O) groups is 1. The van der Waals surface area contributed by atoms with Crippen LogP contribution in [0.25, 0.3) is 10.2 Å². The minimum atomic E-state index is -0.193. The Kier molecular flexibility index (Phi) is 5.19. The first-order valence-corrected chi connectivity index (χ1v) is 10.1. The Morgan fingerprint density at radius 3 is 2.89 bits per heavy atom. The Balaban J connectivity index is 1.65. The van der Waals surface area contributed by atoms with Crippen molar-refractivity contribution in [2.24, 2.45) is 0 Å². The molecule has 0 fully saturated rings. The van der Waals surface area contributed by atoms with E-state index in [9.17, 15) is 4.79 Å². The van der Waals surface area contributed by atoms with E-state index in [0.717, 1.165) is 28.7 Å². The predicted octanol–water partition coefficient (Wildman–Crippen LogP) is 5.09. The number of hydrogen-bond donors (Lipinski definition) is 0. The van der Waals surface area contributed by atoms with Gasteiger partial charge in [0.1, 0.15) is 5.76 Å². The van der Waals surface area contributed by atoms with Crippen molar-refractivity contribution in [1.29, 1.82) is 0 Å². The second-order valence-corrected chi connectivity index (χ2v) is 8.03. The van der Waals surface area contributed by atoms with E-state index in [1.54, 1.807) is 29.6 Å². The van der Waals surface area contributed by atoms with E-state index in [2.05, 4.69) is 4.98 Å². The van der Waals surface area contributed by atoms with Gasteiger partial charge in [0.15, 0.2) is 10.9 Å². The van der Waals surface area contributed by atoms with Crippen molar-refractivity contribution in [3.63, 3.8) is 0 Å². The van der Waals surface area contributed by atoms with Crippen molar-refractivity contribution < 1.29 is 9.21 Å². The third-order valence-corrected chi connectivity index (χ3v) is 5.67. The highest BCUT2D eigenvalue weighted by molar-refractivity contribution is 7.22. The van der Waals surface area contributed by atoms with Crippen molar-refractivity contribution in [2.45, 2.75) is 26.8 Å². The lowest BCUT2D eigenvalue weighted by atomic mass is 10.2. The van der Waals surface area contributed by atoms with E-state index >= 15 is 0 Å². The molecule has 0 spiro atoms. The lowest BCUT2D eigenvalue weighted by Gasteiger charge is -2.18. The molecule has 4 rings (SSSR count). The molecule has 0 radical (unpaired) electrons. The summed E-state index contributed by atoms with van der Waals surface area (Å²) in [4.78, 5) is 23.6. The van der Waals surface area contributed by atoms with E-state index in [1.807, 2.05) is 36.7 Å². The van der Waals surface area contributed by atoms with Gasteiger partial charge in [-0.25, -0.2) is 9.97 Å². The zero-order valence-electron chi connectivity index (χ0n) is 15.6. The second-order valence-electron chi connectivity index (χ2n) is 6.59. The topological polar surface area (TPSA) is 64.2 Å². The molecule has 0 saturated carbocycles. The molecule has 4 aromatic rings. The number of nitrogens with zero attached hydrogens (tertiary/aromatic N) is 4. The van der Waals surface area contributed by atoms with Gasteiger partial charge in [0.2, 0.25) is 0 Å². The van der Waals surface area contributed by atoms with Crippen LogP contribution < -0.4 is 4.90 Å². The molecule has 0 saturated heterocycles. The van der Waals surface area contributed by atoms with Gasteiger partial charge in [-0.05, 0) is 50.1 Å². The number of furan rings is 1. The summed E-state index contributed by atoms with van der Waals surface area (Å²) in [6, 6.07) is 7.26. The molecule has 8 heteroatoms. The number of aryl methyl sites for hydroxylation is 3. The molecule has 1 aromatic carbocycles. The first-order valence-electron chi connectivity index (χ1n) is 8.92. The third kappa shape index (κ3) is 3.81. The SMILES string of the molecule is Cc1ccc(C(=O)N(CCCn2ccnc2)c2nc3c(C)cc(Cl)cc3s2)o1. The van der Waals surface area contributed by atoms with E-state index in [-0.39, 0.29) is 5.91 Å². The minimum absolute atomic E-state index is 0.193. The highest BCUT2D eigenvalue weighted by atomic mass is 35.5. The van der Waals surface area contributed by atoms with E-state index in [0.29, 0.717) is 28.2 Å². The molecule has 3 heterocycles. The summed E-state index contributed by atoms with van der Waals surface area (Å²) in [6.45, 7) is 5.07. The van der Waals surface area contributed by atoms with Crippen molar-refractivity contribution in [3.8, 4) is 0 Å². The molecule has 0 N–H and O–H groups in total. The lowest BCUT2D eigenvalue weighted by Crippen LogP contribution is -2.32. The molecule has 144 valence electrons. The van der Waals surface area contributed by atoms with Crippen LogP contribution in [-0.2, 0) is 6.54 Å². The maximum Gasteiger partial charge on any atom is 0.295 e. The molecule has 3 aromatic heterocycles. The van der Waals surface area contributed by atoms with Gasteiger partial charge < -0.3 is 8.98 Å². The normalized spacial score (nSPS) is 11.2. The lowest BCUT2D eigenvalue weighted by molar-refractivity contribution is 0.0958. The zero-order valence-corrected chi connectivity index (χ0v) is 17.1. The fraction of sp³-hybridized carbons (Fsp3) is 0.250. The summed E-state index contributed by atoms with van der Waals surface area (Å²) < 4.78 is 8.52. The van der Waals surface area contributed by atoms with Crippen molar-refractivity contribution in [1.82, 2.24) is 14.5 Å². The molecule has 0 atom stereocenters. The molecule has 1 amide bonds. The molecule has 0 bridgehead atoms. The fourth-order valence-corrected chi connectivity index (χ4v) is 4.50. The summed E-state index contributed by atoms with van der Waals surface area (Å²) in [5.74, 6) is 0.823. The Morgan fingerprint density at radius 2 is 2.18 bits per heavy atom. The van der Waals surface area contributed by atoms with Gasteiger partial charge in [0.05, 0.1) is 16.5 Å². The van der Waals surface area contributed by atoms with Gasteiger partial charge in [0.25, 0.3) is 5.91 Å².